The minimum absolute atomic E-state index is 0.326. The molecule has 0 atom stereocenters. The first-order valence-corrected chi connectivity index (χ1v) is 4.71. The molecule has 3 nitrogen and oxygen atoms in total. The van der Waals surface area contributed by atoms with Gasteiger partial charge in [0, 0.05) is 6.07 Å². The van der Waals surface area contributed by atoms with Gasteiger partial charge in [-0.05, 0) is 37.1 Å². The molecule has 15 heavy (non-hydrogen) atoms. The Morgan fingerprint density at radius 1 is 1.20 bits per heavy atom. The van der Waals surface area contributed by atoms with Crippen LogP contribution in [0.2, 0.25) is 0 Å². The summed E-state index contributed by atoms with van der Waals surface area (Å²) < 4.78 is 10.4. The van der Waals surface area contributed by atoms with Gasteiger partial charge in [0.2, 0.25) is 0 Å². The van der Waals surface area contributed by atoms with Crippen molar-refractivity contribution in [3.05, 3.63) is 39.7 Å². The van der Waals surface area contributed by atoms with Crippen LogP contribution < -0.4 is 10.4 Å². The fraction of sp³-hybridized carbons (Fsp3) is 0.250. The number of fused-ring (bicyclic) bond motifs is 1. The first kappa shape index (κ1) is 9.77. The number of hydrogen-bond donors (Lipinski definition) is 0. The monoisotopic (exact) mass is 204 g/mol. The third kappa shape index (κ3) is 1.61. The molecule has 0 unspecified atom stereocenters. The van der Waals surface area contributed by atoms with Crippen molar-refractivity contribution in [1.29, 1.82) is 0 Å². The quantitative estimate of drug-likeness (QED) is 0.669. The van der Waals surface area contributed by atoms with Gasteiger partial charge in [0.05, 0.1) is 12.5 Å². The topological polar surface area (TPSA) is 39.4 Å². The Balaban J connectivity index is 2.96. The van der Waals surface area contributed by atoms with Crippen LogP contribution in [0.1, 0.15) is 11.1 Å². The highest BCUT2D eigenvalue weighted by Gasteiger charge is 2.08. The van der Waals surface area contributed by atoms with Gasteiger partial charge in [0.25, 0.3) is 0 Å². The highest BCUT2D eigenvalue weighted by Crippen LogP contribution is 2.28. The van der Waals surface area contributed by atoms with Crippen molar-refractivity contribution in [3.63, 3.8) is 0 Å². The molecule has 1 aromatic heterocycles. The van der Waals surface area contributed by atoms with Crippen molar-refractivity contribution in [1.82, 2.24) is 0 Å². The van der Waals surface area contributed by atoms with Crippen molar-refractivity contribution in [2.75, 3.05) is 7.11 Å². The first-order valence-electron chi connectivity index (χ1n) is 4.71. The number of aryl methyl sites for hydroxylation is 2. The Kier molecular flexibility index (Phi) is 2.23. The van der Waals surface area contributed by atoms with Crippen LogP contribution in [-0.4, -0.2) is 7.11 Å². The third-order valence-corrected chi connectivity index (χ3v) is 2.37. The van der Waals surface area contributed by atoms with E-state index < -0.39 is 0 Å². The van der Waals surface area contributed by atoms with Gasteiger partial charge in [-0.1, -0.05) is 0 Å². The highest BCUT2D eigenvalue weighted by molar-refractivity contribution is 5.87. The average Bonchev–Trinajstić information content (AvgIpc) is 2.14. The van der Waals surface area contributed by atoms with Crippen LogP contribution in [0.15, 0.2) is 27.4 Å². The summed E-state index contributed by atoms with van der Waals surface area (Å²) in [5.41, 5.74) is 2.13. The lowest BCUT2D eigenvalue weighted by Crippen LogP contribution is -1.99. The zero-order chi connectivity index (χ0) is 11.0. The van der Waals surface area contributed by atoms with Crippen molar-refractivity contribution >= 4 is 11.0 Å². The Morgan fingerprint density at radius 2 is 1.93 bits per heavy atom. The molecule has 0 spiro atoms. The van der Waals surface area contributed by atoms with Gasteiger partial charge in [0.1, 0.15) is 11.3 Å². The van der Waals surface area contributed by atoms with Gasteiger partial charge in [-0.2, -0.15) is 0 Å². The molecular formula is C12H12O3. The zero-order valence-corrected chi connectivity index (χ0v) is 8.96. The molecule has 0 aliphatic rings. The first-order chi connectivity index (χ1) is 7.11. The summed E-state index contributed by atoms with van der Waals surface area (Å²) in [6.07, 6.45) is 0. The predicted molar refractivity (Wildman–Crippen MR) is 58.5 cm³/mol. The molecule has 2 aromatic rings. The Bertz CT molecular complexity index is 567. The maximum Gasteiger partial charge on any atom is 0.336 e. The molecule has 0 fully saturated rings. The summed E-state index contributed by atoms with van der Waals surface area (Å²) in [6.45, 7) is 3.81. The maximum atomic E-state index is 11.2. The maximum absolute atomic E-state index is 11.2. The van der Waals surface area contributed by atoms with Crippen LogP contribution in [0.4, 0.5) is 0 Å². The molecule has 0 aliphatic heterocycles. The molecule has 0 bridgehead atoms. The predicted octanol–water partition coefficient (Wildman–Crippen LogP) is 2.42. The van der Waals surface area contributed by atoms with Crippen LogP contribution in [0.3, 0.4) is 0 Å². The van der Waals surface area contributed by atoms with Crippen LogP contribution >= 0.6 is 0 Å². The standard InChI is InChI=1S/C12H12O3/c1-7-4-9(14-3)12-8(2)6-11(13)15-10(12)5-7/h4-6H,1-3H3. The second-order valence-electron chi connectivity index (χ2n) is 3.59. The van der Waals surface area contributed by atoms with E-state index in [1.165, 1.54) is 6.07 Å². The van der Waals surface area contributed by atoms with E-state index in [0.717, 1.165) is 22.3 Å². The molecule has 1 aromatic carbocycles. The number of rotatable bonds is 1. The fourth-order valence-corrected chi connectivity index (χ4v) is 1.74. The molecule has 2 rings (SSSR count). The van der Waals surface area contributed by atoms with E-state index in [-0.39, 0.29) is 5.63 Å². The van der Waals surface area contributed by atoms with Crippen LogP contribution in [0.5, 0.6) is 5.75 Å². The zero-order valence-electron chi connectivity index (χ0n) is 8.96. The summed E-state index contributed by atoms with van der Waals surface area (Å²) in [7, 11) is 1.61. The number of methoxy groups -OCH3 is 1. The second-order valence-corrected chi connectivity index (χ2v) is 3.59. The molecule has 3 heteroatoms. The Hall–Kier alpha value is -1.77. The molecule has 0 aliphatic carbocycles. The smallest absolute Gasteiger partial charge is 0.336 e. The number of hydrogen-bond acceptors (Lipinski definition) is 3. The van der Waals surface area contributed by atoms with E-state index in [1.54, 1.807) is 7.11 Å². The van der Waals surface area contributed by atoms with Crippen LogP contribution in [0, 0.1) is 13.8 Å². The van der Waals surface area contributed by atoms with Gasteiger partial charge in [-0.3, -0.25) is 0 Å². The molecule has 78 valence electrons. The minimum Gasteiger partial charge on any atom is -0.496 e. The largest absolute Gasteiger partial charge is 0.496 e. The Labute approximate surface area is 87.3 Å². The van der Waals surface area contributed by atoms with Gasteiger partial charge in [0.15, 0.2) is 0 Å². The van der Waals surface area contributed by atoms with Crippen molar-refractivity contribution < 1.29 is 9.15 Å². The number of benzene rings is 1. The van der Waals surface area contributed by atoms with E-state index in [1.807, 2.05) is 26.0 Å². The Morgan fingerprint density at radius 3 is 2.60 bits per heavy atom. The summed E-state index contributed by atoms with van der Waals surface area (Å²) >= 11 is 0. The van der Waals surface area contributed by atoms with Crippen LogP contribution in [0.25, 0.3) is 11.0 Å². The lowest BCUT2D eigenvalue weighted by molar-refractivity contribution is 0.418. The molecular weight excluding hydrogens is 192 g/mol. The lowest BCUT2D eigenvalue weighted by Gasteiger charge is -2.07. The molecule has 1 heterocycles. The van der Waals surface area contributed by atoms with Gasteiger partial charge < -0.3 is 9.15 Å². The average molecular weight is 204 g/mol. The summed E-state index contributed by atoms with van der Waals surface area (Å²) in [5.74, 6) is 0.742. The van der Waals surface area contributed by atoms with E-state index in [9.17, 15) is 4.79 Å². The van der Waals surface area contributed by atoms with E-state index >= 15 is 0 Å². The van der Waals surface area contributed by atoms with Crippen molar-refractivity contribution in [2.45, 2.75) is 13.8 Å². The normalized spacial score (nSPS) is 10.6. The lowest BCUT2D eigenvalue weighted by atomic mass is 10.1. The SMILES string of the molecule is COc1cc(C)cc2oc(=O)cc(C)c12. The minimum atomic E-state index is -0.326. The third-order valence-electron chi connectivity index (χ3n) is 2.37. The molecule has 0 amide bonds. The summed E-state index contributed by atoms with van der Waals surface area (Å²) in [4.78, 5) is 11.2. The van der Waals surface area contributed by atoms with E-state index in [4.69, 9.17) is 9.15 Å². The van der Waals surface area contributed by atoms with E-state index in [0.29, 0.717) is 5.58 Å². The second kappa shape index (κ2) is 3.42. The summed E-state index contributed by atoms with van der Waals surface area (Å²) in [6, 6.07) is 5.24. The molecule has 0 saturated carbocycles. The van der Waals surface area contributed by atoms with Gasteiger partial charge in [-0.25, -0.2) is 4.79 Å². The van der Waals surface area contributed by atoms with E-state index in [2.05, 4.69) is 0 Å². The summed E-state index contributed by atoms with van der Waals surface area (Å²) in [5, 5.41) is 0.864. The van der Waals surface area contributed by atoms with Crippen molar-refractivity contribution in [2.24, 2.45) is 0 Å². The van der Waals surface area contributed by atoms with Gasteiger partial charge >= 0.3 is 5.63 Å². The fourth-order valence-electron chi connectivity index (χ4n) is 1.74. The number of ether oxygens (including phenoxy) is 1. The highest BCUT2D eigenvalue weighted by atomic mass is 16.5. The van der Waals surface area contributed by atoms with Crippen molar-refractivity contribution in [3.8, 4) is 5.75 Å². The van der Waals surface area contributed by atoms with Gasteiger partial charge in [-0.15, -0.1) is 0 Å². The molecule has 0 radical (unpaired) electrons. The molecule has 0 N–H and O–H groups in total. The molecule has 0 saturated heterocycles. The van der Waals surface area contributed by atoms with Crippen LogP contribution in [-0.2, 0) is 0 Å².